The number of aliphatic hydroxyl groups excluding tert-OH is 1. The molecule has 0 heterocycles. The van der Waals surface area contributed by atoms with Crippen molar-refractivity contribution in [3.8, 4) is 0 Å². The first-order valence-electron chi connectivity index (χ1n) is 6.22. The Kier molecular flexibility index (Phi) is 6.82. The van der Waals surface area contributed by atoms with Crippen LogP contribution in [0.2, 0.25) is 0 Å². The summed E-state index contributed by atoms with van der Waals surface area (Å²) >= 11 is 10.8. The number of carbonyl (C=O) groups excluding carboxylic acids is 2. The van der Waals surface area contributed by atoms with Crippen LogP contribution in [0.25, 0.3) is 0 Å². The Balaban J connectivity index is 3.07. The van der Waals surface area contributed by atoms with Crippen LogP contribution >= 0.6 is 23.2 Å². The third-order valence-electron chi connectivity index (χ3n) is 2.92. The van der Waals surface area contributed by atoms with Crippen LogP contribution in [-0.2, 0) is 24.2 Å². The Hall–Kier alpha value is -1.35. The van der Waals surface area contributed by atoms with E-state index in [9.17, 15) is 23.1 Å². The molecule has 0 aliphatic carbocycles. The van der Waals surface area contributed by atoms with Gasteiger partial charge in [-0.2, -0.15) is 0 Å². The highest BCUT2D eigenvalue weighted by Gasteiger charge is 2.32. The molecule has 1 rings (SSSR count). The van der Waals surface area contributed by atoms with Crippen molar-refractivity contribution in [1.29, 1.82) is 0 Å². The molecule has 128 valence electrons. The minimum Gasteiger partial charge on any atom is -0.467 e. The maximum atomic E-state index is 11.7. The fraction of sp³-hybridized carbons (Fsp3) is 0.385. The Morgan fingerprint density at radius 2 is 1.74 bits per heavy atom. The van der Waals surface area contributed by atoms with Crippen LogP contribution in [0.1, 0.15) is 11.7 Å². The minimum atomic E-state index is -3.39. The number of methoxy groups -OCH3 is 1. The van der Waals surface area contributed by atoms with Gasteiger partial charge in [0.05, 0.1) is 12.0 Å². The van der Waals surface area contributed by atoms with E-state index in [2.05, 4.69) is 10.1 Å². The van der Waals surface area contributed by atoms with Crippen LogP contribution in [0.5, 0.6) is 0 Å². The molecule has 23 heavy (non-hydrogen) atoms. The van der Waals surface area contributed by atoms with Gasteiger partial charge in [-0.1, -0.05) is 35.3 Å². The van der Waals surface area contributed by atoms with E-state index in [-0.39, 0.29) is 10.5 Å². The molecule has 2 atom stereocenters. The normalized spacial score (nSPS) is 14.2. The number of hydrogen-bond donors (Lipinski definition) is 2. The van der Waals surface area contributed by atoms with Gasteiger partial charge < -0.3 is 15.2 Å². The number of halogens is 2. The molecule has 0 radical (unpaired) electrons. The number of esters is 1. The van der Waals surface area contributed by atoms with Crippen LogP contribution < -0.4 is 5.32 Å². The zero-order valence-corrected chi connectivity index (χ0v) is 14.5. The Bertz CT molecular complexity index is 674. The quantitative estimate of drug-likeness (QED) is 0.549. The SMILES string of the molecule is COC(=O)[C@@H](NC(=O)C(Cl)Cl)[C@H](O)c1ccc(S(C)(=O)=O)cc1. The second-order valence-electron chi connectivity index (χ2n) is 4.60. The topological polar surface area (TPSA) is 110 Å². The van der Waals surface area contributed by atoms with Crippen molar-refractivity contribution in [2.45, 2.75) is 21.9 Å². The lowest BCUT2D eigenvalue weighted by molar-refractivity contribution is -0.148. The highest BCUT2D eigenvalue weighted by Crippen LogP contribution is 2.20. The van der Waals surface area contributed by atoms with Crippen molar-refractivity contribution in [2.24, 2.45) is 0 Å². The largest absolute Gasteiger partial charge is 0.467 e. The predicted molar refractivity (Wildman–Crippen MR) is 84.0 cm³/mol. The number of aliphatic hydroxyl groups is 1. The molecule has 1 amide bonds. The number of nitrogens with one attached hydrogen (secondary N) is 1. The summed E-state index contributed by atoms with van der Waals surface area (Å²) in [4.78, 5) is 21.9. The van der Waals surface area contributed by atoms with E-state index in [1.165, 1.54) is 24.3 Å². The van der Waals surface area contributed by atoms with Gasteiger partial charge in [0.1, 0.15) is 6.10 Å². The van der Waals surface area contributed by atoms with Gasteiger partial charge in [0.2, 0.25) is 0 Å². The number of benzene rings is 1. The Labute approximate surface area is 143 Å². The minimum absolute atomic E-state index is 0.0497. The maximum Gasteiger partial charge on any atom is 0.331 e. The highest BCUT2D eigenvalue weighted by atomic mass is 35.5. The van der Waals surface area contributed by atoms with Gasteiger partial charge in [-0.3, -0.25) is 4.79 Å². The average molecular weight is 384 g/mol. The van der Waals surface area contributed by atoms with Crippen molar-refractivity contribution in [3.63, 3.8) is 0 Å². The molecule has 10 heteroatoms. The van der Waals surface area contributed by atoms with E-state index in [1.807, 2.05) is 0 Å². The van der Waals surface area contributed by atoms with Gasteiger partial charge >= 0.3 is 5.97 Å². The molecule has 7 nitrogen and oxygen atoms in total. The number of rotatable bonds is 6. The first-order valence-corrected chi connectivity index (χ1v) is 8.98. The summed E-state index contributed by atoms with van der Waals surface area (Å²) in [7, 11) is -2.31. The molecule has 0 bridgehead atoms. The van der Waals surface area contributed by atoms with Crippen LogP contribution in [0.4, 0.5) is 0 Å². The van der Waals surface area contributed by atoms with E-state index in [4.69, 9.17) is 23.2 Å². The lowest BCUT2D eigenvalue weighted by Crippen LogP contribution is -2.47. The number of amides is 1. The molecular formula is C13H15Cl2NO6S. The molecule has 0 unspecified atom stereocenters. The molecule has 1 aromatic rings. The summed E-state index contributed by atoms with van der Waals surface area (Å²) in [5, 5.41) is 12.4. The Morgan fingerprint density at radius 1 is 1.22 bits per heavy atom. The Morgan fingerprint density at radius 3 is 2.13 bits per heavy atom. The number of alkyl halides is 2. The lowest BCUT2D eigenvalue weighted by atomic mass is 10.0. The van der Waals surface area contributed by atoms with Crippen LogP contribution in [0, 0.1) is 0 Å². The highest BCUT2D eigenvalue weighted by molar-refractivity contribution is 7.90. The molecule has 0 spiro atoms. The number of carbonyl (C=O) groups is 2. The molecule has 0 saturated heterocycles. The fourth-order valence-electron chi connectivity index (χ4n) is 1.71. The second-order valence-corrected chi connectivity index (χ2v) is 7.71. The van der Waals surface area contributed by atoms with Gasteiger partial charge in [0, 0.05) is 6.26 Å². The van der Waals surface area contributed by atoms with Crippen LogP contribution in [0.15, 0.2) is 29.2 Å². The summed E-state index contributed by atoms with van der Waals surface area (Å²) in [6, 6.07) is 3.74. The third-order valence-corrected chi connectivity index (χ3v) is 4.44. The number of sulfone groups is 1. The first-order chi connectivity index (χ1) is 10.6. The van der Waals surface area contributed by atoms with Gasteiger partial charge in [-0.15, -0.1) is 0 Å². The zero-order valence-electron chi connectivity index (χ0n) is 12.2. The van der Waals surface area contributed by atoms with E-state index < -0.39 is 38.7 Å². The average Bonchev–Trinajstić information content (AvgIpc) is 2.50. The molecule has 0 fully saturated rings. The van der Waals surface area contributed by atoms with E-state index in [0.717, 1.165) is 13.4 Å². The summed E-state index contributed by atoms with van der Waals surface area (Å²) in [6.45, 7) is 0. The molecule has 0 aliphatic heterocycles. The monoisotopic (exact) mass is 383 g/mol. The number of ether oxygens (including phenoxy) is 1. The van der Waals surface area contributed by atoms with E-state index >= 15 is 0 Å². The van der Waals surface area contributed by atoms with Crippen LogP contribution in [-0.4, -0.2) is 49.6 Å². The fourth-order valence-corrected chi connectivity index (χ4v) is 2.47. The molecule has 1 aromatic carbocycles. The van der Waals surface area contributed by atoms with E-state index in [0.29, 0.717) is 0 Å². The van der Waals surface area contributed by atoms with Crippen molar-refractivity contribution < 1.29 is 27.9 Å². The predicted octanol–water partition coefficient (Wildman–Crippen LogP) is 0.585. The molecule has 2 N–H and O–H groups in total. The molecule has 0 saturated carbocycles. The van der Waals surface area contributed by atoms with Crippen molar-refractivity contribution in [3.05, 3.63) is 29.8 Å². The summed E-state index contributed by atoms with van der Waals surface area (Å²) in [6.07, 6.45) is -0.441. The first kappa shape index (κ1) is 19.7. The summed E-state index contributed by atoms with van der Waals surface area (Å²) in [5.41, 5.74) is 0.203. The molecule has 0 aromatic heterocycles. The van der Waals surface area contributed by atoms with E-state index in [1.54, 1.807) is 0 Å². The van der Waals surface area contributed by atoms with Crippen molar-refractivity contribution in [2.75, 3.05) is 13.4 Å². The standard InChI is InChI=1S/C13H15Cl2NO6S/c1-22-13(19)9(16-12(18)11(14)15)10(17)7-3-5-8(6-4-7)23(2,20)21/h3-6,9-11,17H,1-2H3,(H,16,18)/t9-,10+/m0/s1. The van der Waals surface area contributed by atoms with Gasteiger partial charge in [-0.25, -0.2) is 13.2 Å². The zero-order chi connectivity index (χ0) is 17.8. The summed E-state index contributed by atoms with van der Waals surface area (Å²) in [5.74, 6) is -1.79. The van der Waals surface area contributed by atoms with Crippen molar-refractivity contribution in [1.82, 2.24) is 5.32 Å². The van der Waals surface area contributed by atoms with Crippen molar-refractivity contribution >= 4 is 44.9 Å². The smallest absolute Gasteiger partial charge is 0.331 e. The summed E-state index contributed by atoms with van der Waals surface area (Å²) < 4.78 is 27.3. The number of hydrogen-bond acceptors (Lipinski definition) is 6. The van der Waals surface area contributed by atoms with Gasteiger partial charge in [-0.05, 0) is 17.7 Å². The third kappa shape index (κ3) is 5.35. The van der Waals surface area contributed by atoms with Crippen LogP contribution in [0.3, 0.4) is 0 Å². The molecular weight excluding hydrogens is 369 g/mol. The molecule has 0 aliphatic rings. The maximum absolute atomic E-state index is 11.7. The van der Waals surface area contributed by atoms with Gasteiger partial charge in [0.15, 0.2) is 20.7 Å². The lowest BCUT2D eigenvalue weighted by Gasteiger charge is -2.22. The van der Waals surface area contributed by atoms with Gasteiger partial charge in [0.25, 0.3) is 5.91 Å². The second kappa shape index (κ2) is 7.96.